The third kappa shape index (κ3) is 2.82. The Morgan fingerprint density at radius 1 is 1.26 bits per heavy atom. The molecule has 0 atom stereocenters. The molecule has 23 heavy (non-hydrogen) atoms. The second-order valence-electron chi connectivity index (χ2n) is 5.85. The highest BCUT2D eigenvalue weighted by Gasteiger charge is 2.33. The number of fused-ring (bicyclic) bond motifs is 1. The molecule has 1 aliphatic rings. The molecular formula is C18H16ClN3O. The molecule has 2 aromatic heterocycles. The van der Waals surface area contributed by atoms with E-state index >= 15 is 0 Å². The average molecular weight is 326 g/mol. The quantitative estimate of drug-likeness (QED) is 0.732. The Hall–Kier alpha value is -2.33. The van der Waals surface area contributed by atoms with Crippen molar-refractivity contribution in [2.24, 2.45) is 0 Å². The van der Waals surface area contributed by atoms with Crippen molar-refractivity contribution >= 4 is 23.2 Å². The van der Waals surface area contributed by atoms with Gasteiger partial charge in [0, 0.05) is 22.8 Å². The Bertz CT molecular complexity index is 869. The van der Waals surface area contributed by atoms with Crippen LogP contribution in [0.15, 0.2) is 54.9 Å². The second-order valence-corrected chi connectivity index (χ2v) is 6.29. The van der Waals surface area contributed by atoms with Crippen LogP contribution < -0.4 is 0 Å². The molecule has 116 valence electrons. The number of nitrogens with zero attached hydrogens (tertiary/aromatic N) is 3. The first-order valence-corrected chi connectivity index (χ1v) is 8.08. The lowest BCUT2D eigenvalue weighted by Gasteiger charge is -2.22. The average Bonchev–Trinajstić information content (AvgIpc) is 3.33. The summed E-state index contributed by atoms with van der Waals surface area (Å²) in [7, 11) is 0. The van der Waals surface area contributed by atoms with E-state index in [-0.39, 0.29) is 5.91 Å². The maximum Gasteiger partial charge on any atom is 0.254 e. The number of halogens is 1. The van der Waals surface area contributed by atoms with Crippen LogP contribution in [-0.4, -0.2) is 26.2 Å². The van der Waals surface area contributed by atoms with Gasteiger partial charge in [-0.1, -0.05) is 23.7 Å². The van der Waals surface area contributed by atoms with E-state index in [0.717, 1.165) is 24.2 Å². The van der Waals surface area contributed by atoms with E-state index in [1.165, 1.54) is 0 Å². The fraction of sp³-hybridized carbons (Fsp3) is 0.222. The minimum absolute atomic E-state index is 0.0286. The van der Waals surface area contributed by atoms with Crippen LogP contribution in [0.2, 0.25) is 5.02 Å². The van der Waals surface area contributed by atoms with Gasteiger partial charge in [-0.05, 0) is 43.2 Å². The summed E-state index contributed by atoms with van der Waals surface area (Å²) in [5.74, 6) is 0.0286. The van der Waals surface area contributed by atoms with E-state index in [4.69, 9.17) is 11.6 Å². The van der Waals surface area contributed by atoms with Crippen LogP contribution in [0.1, 0.15) is 28.9 Å². The molecule has 2 heterocycles. The maximum absolute atomic E-state index is 12.9. The van der Waals surface area contributed by atoms with Crippen molar-refractivity contribution in [2.75, 3.05) is 0 Å². The van der Waals surface area contributed by atoms with Crippen LogP contribution in [0.3, 0.4) is 0 Å². The number of aromatic nitrogens is 2. The third-order valence-corrected chi connectivity index (χ3v) is 4.38. The van der Waals surface area contributed by atoms with Crippen LogP contribution in [0.25, 0.3) is 5.65 Å². The molecule has 0 spiro atoms. The van der Waals surface area contributed by atoms with Gasteiger partial charge in [0.1, 0.15) is 5.65 Å². The number of amides is 1. The molecule has 0 N–H and O–H groups in total. The van der Waals surface area contributed by atoms with Gasteiger partial charge in [0.2, 0.25) is 0 Å². The van der Waals surface area contributed by atoms with E-state index in [2.05, 4.69) is 4.98 Å². The van der Waals surface area contributed by atoms with Crippen molar-refractivity contribution in [1.29, 1.82) is 0 Å². The van der Waals surface area contributed by atoms with Gasteiger partial charge in [0.05, 0.1) is 18.4 Å². The summed E-state index contributed by atoms with van der Waals surface area (Å²) in [5, 5.41) is 0.585. The molecule has 0 bridgehead atoms. The van der Waals surface area contributed by atoms with Crippen LogP contribution >= 0.6 is 11.6 Å². The summed E-state index contributed by atoms with van der Waals surface area (Å²) in [6.45, 7) is 0.557. The van der Waals surface area contributed by atoms with E-state index < -0.39 is 0 Å². The Kier molecular flexibility index (Phi) is 3.54. The molecule has 0 aliphatic heterocycles. The third-order valence-electron chi connectivity index (χ3n) is 4.15. The lowest BCUT2D eigenvalue weighted by Crippen LogP contribution is -2.33. The molecule has 1 saturated carbocycles. The predicted molar refractivity (Wildman–Crippen MR) is 89.5 cm³/mol. The lowest BCUT2D eigenvalue weighted by molar-refractivity contribution is 0.0727. The van der Waals surface area contributed by atoms with Gasteiger partial charge >= 0.3 is 0 Å². The molecule has 0 saturated heterocycles. The highest BCUT2D eigenvalue weighted by Crippen LogP contribution is 2.30. The number of carbonyl (C=O) groups is 1. The van der Waals surface area contributed by atoms with Crippen molar-refractivity contribution in [2.45, 2.75) is 25.4 Å². The molecule has 1 aliphatic carbocycles. The minimum Gasteiger partial charge on any atom is -0.330 e. The number of pyridine rings is 1. The van der Waals surface area contributed by atoms with Gasteiger partial charge in [-0.25, -0.2) is 4.98 Å². The summed E-state index contributed by atoms with van der Waals surface area (Å²) < 4.78 is 2.03. The molecule has 3 aromatic rings. The SMILES string of the molecule is O=C(c1cccc(Cl)c1)N(Cc1cnc2ccccn12)C1CC1. The summed E-state index contributed by atoms with van der Waals surface area (Å²) >= 11 is 6.02. The topological polar surface area (TPSA) is 37.6 Å². The Morgan fingerprint density at radius 2 is 2.13 bits per heavy atom. The Morgan fingerprint density at radius 3 is 2.91 bits per heavy atom. The molecule has 1 aromatic carbocycles. The minimum atomic E-state index is 0.0286. The zero-order valence-electron chi connectivity index (χ0n) is 12.5. The van der Waals surface area contributed by atoms with E-state index in [1.807, 2.05) is 52.0 Å². The summed E-state index contributed by atoms with van der Waals surface area (Å²) in [6, 6.07) is 13.4. The largest absolute Gasteiger partial charge is 0.330 e. The molecule has 4 rings (SSSR count). The molecular weight excluding hydrogens is 310 g/mol. The molecule has 0 unspecified atom stereocenters. The van der Waals surface area contributed by atoms with Crippen molar-refractivity contribution in [3.8, 4) is 0 Å². The summed E-state index contributed by atoms with van der Waals surface area (Å²) in [4.78, 5) is 19.2. The fourth-order valence-electron chi connectivity index (χ4n) is 2.82. The van der Waals surface area contributed by atoms with Gasteiger partial charge in [0.25, 0.3) is 5.91 Å². The lowest BCUT2D eigenvalue weighted by atomic mass is 10.2. The second kappa shape index (κ2) is 5.70. The van der Waals surface area contributed by atoms with Gasteiger partial charge < -0.3 is 9.30 Å². The Labute approximate surface area is 139 Å². The number of rotatable bonds is 4. The van der Waals surface area contributed by atoms with Gasteiger partial charge in [-0.2, -0.15) is 0 Å². The monoisotopic (exact) mass is 325 g/mol. The number of hydrogen-bond donors (Lipinski definition) is 0. The number of imidazole rings is 1. The van der Waals surface area contributed by atoms with Crippen molar-refractivity contribution in [1.82, 2.24) is 14.3 Å². The van der Waals surface area contributed by atoms with Crippen molar-refractivity contribution in [3.63, 3.8) is 0 Å². The smallest absolute Gasteiger partial charge is 0.254 e. The van der Waals surface area contributed by atoms with E-state index in [0.29, 0.717) is 23.2 Å². The first kappa shape index (κ1) is 14.3. The molecule has 5 heteroatoms. The normalized spacial score (nSPS) is 14.1. The molecule has 4 nitrogen and oxygen atoms in total. The number of carbonyl (C=O) groups excluding carboxylic acids is 1. The number of hydrogen-bond acceptors (Lipinski definition) is 2. The zero-order valence-corrected chi connectivity index (χ0v) is 13.3. The van der Waals surface area contributed by atoms with Crippen molar-refractivity contribution in [3.05, 3.63) is 71.1 Å². The van der Waals surface area contributed by atoms with Crippen LogP contribution in [0, 0.1) is 0 Å². The van der Waals surface area contributed by atoms with Crippen LogP contribution in [0.5, 0.6) is 0 Å². The standard InChI is InChI=1S/C18H16ClN3O/c19-14-5-3-4-13(10-14)18(23)22(15-7-8-15)12-16-11-20-17-6-1-2-9-21(16)17/h1-6,9-11,15H,7-8,12H2. The highest BCUT2D eigenvalue weighted by molar-refractivity contribution is 6.30. The fourth-order valence-corrected chi connectivity index (χ4v) is 3.01. The van der Waals surface area contributed by atoms with Crippen LogP contribution in [-0.2, 0) is 6.54 Å². The maximum atomic E-state index is 12.9. The van der Waals surface area contributed by atoms with Gasteiger partial charge in [0.15, 0.2) is 0 Å². The molecule has 1 fully saturated rings. The predicted octanol–water partition coefficient (Wildman–Crippen LogP) is 3.79. The first-order valence-electron chi connectivity index (χ1n) is 7.70. The summed E-state index contributed by atoms with van der Waals surface area (Å²) in [5.41, 5.74) is 2.55. The first-order chi connectivity index (χ1) is 11.2. The van der Waals surface area contributed by atoms with Gasteiger partial charge in [-0.3, -0.25) is 4.79 Å². The van der Waals surface area contributed by atoms with Crippen molar-refractivity contribution < 1.29 is 4.79 Å². The van der Waals surface area contributed by atoms with E-state index in [9.17, 15) is 4.79 Å². The van der Waals surface area contributed by atoms with E-state index in [1.54, 1.807) is 12.1 Å². The Balaban J connectivity index is 1.65. The number of benzene rings is 1. The van der Waals surface area contributed by atoms with Gasteiger partial charge in [-0.15, -0.1) is 0 Å². The molecule has 0 radical (unpaired) electrons. The molecule has 1 amide bonds. The summed E-state index contributed by atoms with van der Waals surface area (Å²) in [6.07, 6.45) is 5.94. The highest BCUT2D eigenvalue weighted by atomic mass is 35.5. The zero-order chi connectivity index (χ0) is 15.8. The van der Waals surface area contributed by atoms with Crippen LogP contribution in [0.4, 0.5) is 0 Å².